The number of hydrogen-bond acceptors (Lipinski definition) is 9. The van der Waals surface area contributed by atoms with Crippen molar-refractivity contribution in [2.75, 3.05) is 26.4 Å². The molecule has 1 aliphatic rings. The van der Waals surface area contributed by atoms with Gasteiger partial charge in [-0.3, -0.25) is 4.79 Å². The standard InChI is InChI=1S/C43H72O9/c1-3-5-7-9-11-12-13-14-15-16-17-18-19-20-21-22-23-24-25-26-27-28-30-32-39(45)51-37(35-49-33-31-29-10-8-6-4-2)36-50-43-42(48)41(47)40(46)38(34-44)52-43/h5,7,11-12,14-15,17-18,20-21,23-24,37-38,40-44,46-48H,3-4,6,8-10,13,16,19,22,25-36H2,1-2H3/b7-5-,12-11-,15-14-,18-17-,21-20-,24-23-. The number of rotatable bonds is 32. The van der Waals surface area contributed by atoms with Crippen LogP contribution in [0.25, 0.3) is 0 Å². The molecule has 0 spiro atoms. The number of esters is 1. The van der Waals surface area contributed by atoms with Gasteiger partial charge in [0.2, 0.25) is 0 Å². The normalized spacial score (nSPS) is 22.0. The molecular formula is C43H72O9. The quantitative estimate of drug-likeness (QED) is 0.0307. The number of ether oxygens (including phenoxy) is 4. The fourth-order valence-corrected chi connectivity index (χ4v) is 5.49. The zero-order chi connectivity index (χ0) is 37.9. The van der Waals surface area contributed by atoms with E-state index in [1.54, 1.807) is 0 Å². The third-order valence-electron chi connectivity index (χ3n) is 8.64. The average Bonchev–Trinajstić information content (AvgIpc) is 3.14. The highest BCUT2D eigenvalue weighted by atomic mass is 16.7. The third kappa shape index (κ3) is 25.6. The van der Waals surface area contributed by atoms with Crippen LogP contribution in [0.1, 0.15) is 129 Å². The highest BCUT2D eigenvalue weighted by Gasteiger charge is 2.44. The molecule has 1 aliphatic heterocycles. The Kier molecular flexibility index (Phi) is 31.5. The maximum absolute atomic E-state index is 12.7. The topological polar surface area (TPSA) is 135 Å². The Labute approximate surface area is 315 Å². The fraction of sp³-hybridized carbons (Fsp3) is 0.698. The van der Waals surface area contributed by atoms with Crippen molar-refractivity contribution in [3.05, 3.63) is 72.9 Å². The van der Waals surface area contributed by atoms with E-state index < -0.39 is 43.4 Å². The number of hydrogen-bond donors (Lipinski definition) is 4. The molecule has 298 valence electrons. The molecule has 0 aromatic carbocycles. The minimum atomic E-state index is -1.54. The van der Waals surface area contributed by atoms with Crippen LogP contribution in [0.2, 0.25) is 0 Å². The number of allylic oxidation sites excluding steroid dienone is 12. The molecule has 0 saturated carbocycles. The second kappa shape index (κ2) is 34.4. The van der Waals surface area contributed by atoms with Gasteiger partial charge in [0.25, 0.3) is 0 Å². The third-order valence-corrected chi connectivity index (χ3v) is 8.64. The molecule has 0 bridgehead atoms. The van der Waals surface area contributed by atoms with Crippen LogP contribution in [0.15, 0.2) is 72.9 Å². The van der Waals surface area contributed by atoms with Crippen molar-refractivity contribution >= 4 is 5.97 Å². The molecule has 0 aliphatic carbocycles. The molecule has 9 nitrogen and oxygen atoms in total. The summed E-state index contributed by atoms with van der Waals surface area (Å²) in [5, 5.41) is 39.8. The van der Waals surface area contributed by atoms with Crippen LogP contribution in [0.3, 0.4) is 0 Å². The van der Waals surface area contributed by atoms with Crippen LogP contribution in [-0.2, 0) is 23.7 Å². The molecule has 6 atom stereocenters. The van der Waals surface area contributed by atoms with Crippen LogP contribution in [0, 0.1) is 0 Å². The minimum absolute atomic E-state index is 0.128. The molecule has 0 amide bonds. The number of aliphatic hydroxyl groups is 4. The summed E-state index contributed by atoms with van der Waals surface area (Å²) >= 11 is 0. The Morgan fingerprint density at radius 2 is 1.17 bits per heavy atom. The van der Waals surface area contributed by atoms with Crippen LogP contribution in [-0.4, -0.2) is 89.6 Å². The van der Waals surface area contributed by atoms with Gasteiger partial charge >= 0.3 is 5.97 Å². The first-order valence-electron chi connectivity index (χ1n) is 20.0. The Bertz CT molecular complexity index is 1020. The van der Waals surface area contributed by atoms with E-state index in [9.17, 15) is 25.2 Å². The van der Waals surface area contributed by atoms with Gasteiger partial charge in [0.1, 0.15) is 30.5 Å². The number of carbonyl (C=O) groups excluding carboxylic acids is 1. The van der Waals surface area contributed by atoms with E-state index >= 15 is 0 Å². The van der Waals surface area contributed by atoms with Gasteiger partial charge in [0, 0.05) is 13.0 Å². The Hall–Kier alpha value is -2.37. The lowest BCUT2D eigenvalue weighted by atomic mass is 9.99. The Balaban J connectivity index is 2.25. The highest BCUT2D eigenvalue weighted by molar-refractivity contribution is 5.69. The SMILES string of the molecule is CC/C=C\C/C=C\C/C=C\C/C=C\C/C=C\C/C=C\CCCCCCC(=O)OC(COCCCCCCCC)COC1OC(CO)C(O)C(O)C1O. The summed E-state index contributed by atoms with van der Waals surface area (Å²) < 4.78 is 22.6. The summed E-state index contributed by atoms with van der Waals surface area (Å²) in [7, 11) is 0. The lowest BCUT2D eigenvalue weighted by Gasteiger charge is -2.39. The predicted octanol–water partition coefficient (Wildman–Crippen LogP) is 8.13. The summed E-state index contributed by atoms with van der Waals surface area (Å²) in [5.41, 5.74) is 0. The van der Waals surface area contributed by atoms with E-state index in [2.05, 4.69) is 86.8 Å². The van der Waals surface area contributed by atoms with Gasteiger partial charge in [-0.15, -0.1) is 0 Å². The molecular weight excluding hydrogens is 660 g/mol. The van der Waals surface area contributed by atoms with Gasteiger partial charge in [-0.25, -0.2) is 0 Å². The summed E-state index contributed by atoms with van der Waals surface area (Å²) in [6.07, 6.45) is 36.6. The van der Waals surface area contributed by atoms with Gasteiger partial charge in [0.05, 0.1) is 19.8 Å². The van der Waals surface area contributed by atoms with Crippen molar-refractivity contribution in [1.82, 2.24) is 0 Å². The molecule has 4 N–H and O–H groups in total. The van der Waals surface area contributed by atoms with Crippen molar-refractivity contribution in [2.45, 2.75) is 166 Å². The van der Waals surface area contributed by atoms with Gasteiger partial charge in [-0.1, -0.05) is 132 Å². The van der Waals surface area contributed by atoms with Crippen molar-refractivity contribution in [3.8, 4) is 0 Å². The van der Waals surface area contributed by atoms with Crippen molar-refractivity contribution in [3.63, 3.8) is 0 Å². The Morgan fingerprint density at radius 1 is 0.635 bits per heavy atom. The Morgan fingerprint density at radius 3 is 1.77 bits per heavy atom. The smallest absolute Gasteiger partial charge is 0.306 e. The first-order valence-corrected chi connectivity index (χ1v) is 20.0. The molecule has 0 aromatic rings. The zero-order valence-corrected chi connectivity index (χ0v) is 32.3. The summed E-state index contributed by atoms with van der Waals surface area (Å²) in [6, 6.07) is 0. The van der Waals surface area contributed by atoms with E-state index in [0.717, 1.165) is 89.9 Å². The van der Waals surface area contributed by atoms with E-state index in [1.165, 1.54) is 19.3 Å². The predicted molar refractivity (Wildman–Crippen MR) is 210 cm³/mol. The van der Waals surface area contributed by atoms with E-state index in [-0.39, 0.29) is 25.6 Å². The molecule has 1 heterocycles. The lowest BCUT2D eigenvalue weighted by molar-refractivity contribution is -0.305. The largest absolute Gasteiger partial charge is 0.457 e. The number of aliphatic hydroxyl groups excluding tert-OH is 4. The first-order chi connectivity index (χ1) is 25.4. The number of carbonyl (C=O) groups is 1. The van der Waals surface area contributed by atoms with Crippen LogP contribution >= 0.6 is 0 Å². The van der Waals surface area contributed by atoms with Gasteiger partial charge in [-0.2, -0.15) is 0 Å². The first kappa shape index (κ1) is 47.7. The minimum Gasteiger partial charge on any atom is -0.457 e. The van der Waals surface area contributed by atoms with Crippen molar-refractivity contribution in [1.29, 1.82) is 0 Å². The van der Waals surface area contributed by atoms with Gasteiger partial charge in [0.15, 0.2) is 6.29 Å². The molecule has 9 heteroatoms. The molecule has 0 radical (unpaired) electrons. The maximum Gasteiger partial charge on any atom is 0.306 e. The van der Waals surface area contributed by atoms with Gasteiger partial charge < -0.3 is 39.4 Å². The van der Waals surface area contributed by atoms with Gasteiger partial charge in [-0.05, 0) is 64.2 Å². The van der Waals surface area contributed by atoms with Crippen LogP contribution in [0.5, 0.6) is 0 Å². The molecule has 1 fully saturated rings. The van der Waals surface area contributed by atoms with E-state index in [4.69, 9.17) is 18.9 Å². The number of unbranched alkanes of at least 4 members (excludes halogenated alkanes) is 9. The lowest BCUT2D eigenvalue weighted by Crippen LogP contribution is -2.59. The fourth-order valence-electron chi connectivity index (χ4n) is 5.49. The maximum atomic E-state index is 12.7. The van der Waals surface area contributed by atoms with Crippen LogP contribution < -0.4 is 0 Å². The summed E-state index contributed by atoms with van der Waals surface area (Å²) in [6.45, 7) is 4.33. The second-order valence-electron chi connectivity index (χ2n) is 13.4. The molecule has 0 aromatic heterocycles. The molecule has 52 heavy (non-hydrogen) atoms. The average molecular weight is 733 g/mol. The summed E-state index contributed by atoms with van der Waals surface area (Å²) in [5.74, 6) is -0.345. The van der Waals surface area contributed by atoms with E-state index in [1.807, 2.05) is 0 Å². The zero-order valence-electron chi connectivity index (χ0n) is 32.3. The second-order valence-corrected chi connectivity index (χ2v) is 13.4. The highest BCUT2D eigenvalue weighted by Crippen LogP contribution is 2.22. The van der Waals surface area contributed by atoms with E-state index in [0.29, 0.717) is 6.61 Å². The molecule has 1 saturated heterocycles. The van der Waals surface area contributed by atoms with Crippen LogP contribution in [0.4, 0.5) is 0 Å². The van der Waals surface area contributed by atoms with Crippen molar-refractivity contribution < 1.29 is 44.2 Å². The van der Waals surface area contributed by atoms with Crippen molar-refractivity contribution in [2.24, 2.45) is 0 Å². The monoisotopic (exact) mass is 733 g/mol. The molecule has 6 unspecified atom stereocenters. The molecule has 1 rings (SSSR count). The summed E-state index contributed by atoms with van der Waals surface area (Å²) in [4.78, 5) is 12.7.